The Kier molecular flexibility index (Phi) is 43.9. The van der Waals surface area contributed by atoms with E-state index in [2.05, 4.69) is 13.8 Å². The molecular formula is C46H95N. The van der Waals surface area contributed by atoms with Gasteiger partial charge in [0.25, 0.3) is 0 Å². The maximum Gasteiger partial charge on any atom is -0.00489 e. The van der Waals surface area contributed by atoms with Crippen molar-refractivity contribution in [1.29, 1.82) is 0 Å². The summed E-state index contributed by atoms with van der Waals surface area (Å²) in [5.41, 5.74) is 6.14. The zero-order valence-corrected chi connectivity index (χ0v) is 33.6. The van der Waals surface area contributed by atoms with Gasteiger partial charge in [0.05, 0.1) is 0 Å². The van der Waals surface area contributed by atoms with Crippen LogP contribution in [0.2, 0.25) is 0 Å². The summed E-state index contributed by atoms with van der Waals surface area (Å²) in [4.78, 5) is 0. The molecule has 0 saturated carbocycles. The van der Waals surface area contributed by atoms with Crippen LogP contribution in [0.15, 0.2) is 0 Å². The molecule has 0 aliphatic carbocycles. The normalized spacial score (nSPS) is 11.7. The minimum atomic E-state index is 0.793. The fraction of sp³-hybridized carbons (Fsp3) is 1.00. The second-order valence-electron chi connectivity index (χ2n) is 16.1. The Morgan fingerprint density at radius 1 is 0.234 bits per heavy atom. The highest BCUT2D eigenvalue weighted by Gasteiger charge is 2.06. The van der Waals surface area contributed by atoms with Gasteiger partial charge in [0.1, 0.15) is 0 Å². The highest BCUT2D eigenvalue weighted by Crippen LogP contribution is 2.20. The smallest absolute Gasteiger partial charge is 0.00489 e. The minimum Gasteiger partial charge on any atom is -0.330 e. The molecule has 284 valence electrons. The molecule has 0 spiro atoms. The Morgan fingerprint density at radius 2 is 0.383 bits per heavy atom. The third-order valence-electron chi connectivity index (χ3n) is 11.3. The van der Waals surface area contributed by atoms with Gasteiger partial charge in [0.15, 0.2) is 0 Å². The summed E-state index contributed by atoms with van der Waals surface area (Å²) >= 11 is 0. The fourth-order valence-corrected chi connectivity index (χ4v) is 7.76. The van der Waals surface area contributed by atoms with E-state index >= 15 is 0 Å². The Balaban J connectivity index is 3.23. The lowest BCUT2D eigenvalue weighted by molar-refractivity contribution is 0.409. The second kappa shape index (κ2) is 44.0. The van der Waals surface area contributed by atoms with E-state index in [1.54, 1.807) is 0 Å². The summed E-state index contributed by atoms with van der Waals surface area (Å²) in [5, 5.41) is 0. The van der Waals surface area contributed by atoms with Crippen LogP contribution in [-0.2, 0) is 0 Å². The van der Waals surface area contributed by atoms with Crippen molar-refractivity contribution in [3.05, 3.63) is 0 Å². The first-order valence-corrected chi connectivity index (χ1v) is 23.0. The van der Waals surface area contributed by atoms with Crippen molar-refractivity contribution < 1.29 is 0 Å². The summed E-state index contributed by atoms with van der Waals surface area (Å²) in [5.74, 6) is 0.793. The molecule has 47 heavy (non-hydrogen) atoms. The topological polar surface area (TPSA) is 26.0 Å². The third-order valence-corrected chi connectivity index (χ3v) is 11.3. The maximum absolute atomic E-state index is 6.14. The van der Waals surface area contributed by atoms with Crippen molar-refractivity contribution in [1.82, 2.24) is 0 Å². The molecule has 2 N–H and O–H groups in total. The SMILES string of the molecule is CCCCCCCCCCCCCCCCCCCCCCC(CN)CCCCCCCCCCCCCCCCCCCCCC. The standard InChI is InChI=1S/C46H95N/c1-3-5-7-9-11-13-15-17-19-21-23-25-27-29-31-33-35-37-39-41-43-46(45-47)44-42-40-38-36-34-32-30-28-26-24-22-20-18-16-14-12-10-8-6-4-2/h46H,3-45,47H2,1-2H3. The van der Waals surface area contributed by atoms with Crippen LogP contribution in [0, 0.1) is 5.92 Å². The molecule has 0 rings (SSSR count). The molecule has 0 atom stereocenters. The number of hydrogen-bond donors (Lipinski definition) is 1. The van der Waals surface area contributed by atoms with Crippen molar-refractivity contribution in [3.63, 3.8) is 0 Å². The highest BCUT2D eigenvalue weighted by molar-refractivity contribution is 4.62. The monoisotopic (exact) mass is 662 g/mol. The Morgan fingerprint density at radius 3 is 0.532 bits per heavy atom. The first-order valence-electron chi connectivity index (χ1n) is 23.0. The summed E-state index contributed by atoms with van der Waals surface area (Å²) in [6, 6.07) is 0. The molecule has 0 fully saturated rings. The molecule has 0 radical (unpaired) electrons. The number of hydrogen-bond acceptors (Lipinski definition) is 1. The highest BCUT2D eigenvalue weighted by atomic mass is 14.5. The van der Waals surface area contributed by atoms with Crippen molar-refractivity contribution in [2.75, 3.05) is 6.54 Å². The van der Waals surface area contributed by atoms with E-state index in [9.17, 15) is 0 Å². The molecule has 0 aliphatic rings. The molecule has 0 aromatic rings. The fourth-order valence-electron chi connectivity index (χ4n) is 7.76. The van der Waals surface area contributed by atoms with E-state index in [-0.39, 0.29) is 0 Å². The van der Waals surface area contributed by atoms with Gasteiger partial charge in [-0.2, -0.15) is 0 Å². The van der Waals surface area contributed by atoms with E-state index in [0.717, 1.165) is 12.5 Å². The molecule has 1 nitrogen and oxygen atoms in total. The van der Waals surface area contributed by atoms with Crippen LogP contribution in [0.25, 0.3) is 0 Å². The van der Waals surface area contributed by atoms with Crippen LogP contribution in [0.5, 0.6) is 0 Å². The van der Waals surface area contributed by atoms with Crippen LogP contribution < -0.4 is 5.73 Å². The molecule has 0 heterocycles. The molecule has 0 bridgehead atoms. The first-order chi connectivity index (χ1) is 23.3. The number of rotatable bonds is 43. The molecular weight excluding hydrogens is 567 g/mol. The second-order valence-corrected chi connectivity index (χ2v) is 16.1. The molecule has 1 heteroatoms. The van der Waals surface area contributed by atoms with Gasteiger partial charge in [-0.1, -0.05) is 271 Å². The van der Waals surface area contributed by atoms with Crippen LogP contribution in [0.1, 0.15) is 284 Å². The van der Waals surface area contributed by atoms with Gasteiger partial charge in [0.2, 0.25) is 0 Å². The largest absolute Gasteiger partial charge is 0.330 e. The van der Waals surface area contributed by atoms with Gasteiger partial charge in [0, 0.05) is 0 Å². The summed E-state index contributed by atoms with van der Waals surface area (Å²) in [6.45, 7) is 5.53. The average molecular weight is 662 g/mol. The van der Waals surface area contributed by atoms with Gasteiger partial charge in [-0.25, -0.2) is 0 Å². The predicted octanol–water partition coefficient (Wildman–Crippen LogP) is 17.0. The lowest BCUT2D eigenvalue weighted by atomic mass is 9.94. The average Bonchev–Trinajstić information content (AvgIpc) is 3.09. The van der Waals surface area contributed by atoms with Gasteiger partial charge < -0.3 is 5.73 Å². The zero-order valence-electron chi connectivity index (χ0n) is 33.6. The van der Waals surface area contributed by atoms with Crippen molar-refractivity contribution >= 4 is 0 Å². The lowest BCUT2D eigenvalue weighted by Crippen LogP contribution is -2.14. The lowest BCUT2D eigenvalue weighted by Gasteiger charge is -2.14. The first kappa shape index (κ1) is 47.0. The van der Waals surface area contributed by atoms with Crippen molar-refractivity contribution in [3.8, 4) is 0 Å². The number of nitrogens with two attached hydrogens (primary N) is 1. The van der Waals surface area contributed by atoms with E-state index < -0.39 is 0 Å². The van der Waals surface area contributed by atoms with Crippen LogP contribution in [0.4, 0.5) is 0 Å². The zero-order chi connectivity index (χ0) is 34.0. The van der Waals surface area contributed by atoms with Crippen molar-refractivity contribution in [2.45, 2.75) is 284 Å². The minimum absolute atomic E-state index is 0.793. The molecule has 0 aromatic heterocycles. The van der Waals surface area contributed by atoms with Gasteiger partial charge in [-0.3, -0.25) is 0 Å². The number of unbranched alkanes of at least 4 members (excludes halogenated alkanes) is 38. The van der Waals surface area contributed by atoms with E-state index in [0.29, 0.717) is 0 Å². The molecule has 0 amide bonds. The summed E-state index contributed by atoms with van der Waals surface area (Å²) in [6.07, 6.45) is 61.4. The van der Waals surface area contributed by atoms with Crippen LogP contribution >= 0.6 is 0 Å². The quantitative estimate of drug-likeness (QED) is 0.0647. The van der Waals surface area contributed by atoms with Crippen LogP contribution in [-0.4, -0.2) is 6.54 Å². The molecule has 0 unspecified atom stereocenters. The summed E-state index contributed by atoms with van der Waals surface area (Å²) in [7, 11) is 0. The van der Waals surface area contributed by atoms with Gasteiger partial charge in [-0.05, 0) is 25.3 Å². The van der Waals surface area contributed by atoms with Gasteiger partial charge in [-0.15, -0.1) is 0 Å². The maximum atomic E-state index is 6.14. The third kappa shape index (κ3) is 42.0. The van der Waals surface area contributed by atoms with Crippen molar-refractivity contribution in [2.24, 2.45) is 11.7 Å². The molecule has 0 aromatic carbocycles. The van der Waals surface area contributed by atoms with E-state index in [1.165, 1.54) is 270 Å². The molecule has 0 saturated heterocycles. The Bertz CT molecular complexity index is 471. The molecule has 0 aliphatic heterocycles. The van der Waals surface area contributed by atoms with E-state index in [1.807, 2.05) is 0 Å². The Hall–Kier alpha value is -0.0400. The predicted molar refractivity (Wildman–Crippen MR) is 218 cm³/mol. The van der Waals surface area contributed by atoms with Gasteiger partial charge >= 0.3 is 0 Å². The summed E-state index contributed by atoms with van der Waals surface area (Å²) < 4.78 is 0. The van der Waals surface area contributed by atoms with E-state index in [4.69, 9.17) is 5.73 Å². The van der Waals surface area contributed by atoms with Crippen LogP contribution in [0.3, 0.4) is 0 Å². The Labute approximate surface area is 301 Å².